The number of carbonyl (C=O) groups is 2. The Labute approximate surface area is 106 Å². The van der Waals surface area contributed by atoms with Crippen LogP contribution in [0.15, 0.2) is 24.3 Å². The molecule has 96 valence electrons. The highest BCUT2D eigenvalue weighted by atomic mass is 16.5. The van der Waals surface area contributed by atoms with Crippen LogP contribution in [0.5, 0.6) is 5.75 Å². The van der Waals surface area contributed by atoms with Crippen LogP contribution in [0.25, 0.3) is 0 Å². The van der Waals surface area contributed by atoms with Crippen molar-refractivity contribution >= 4 is 11.8 Å². The Hall–Kier alpha value is -1.84. The largest absolute Gasteiger partial charge is 0.497 e. The highest BCUT2D eigenvalue weighted by molar-refractivity contribution is 5.86. The average molecular weight is 248 g/mol. The van der Waals surface area contributed by atoms with Gasteiger partial charge in [0.05, 0.1) is 13.0 Å². The van der Waals surface area contributed by atoms with Gasteiger partial charge in [-0.2, -0.15) is 0 Å². The Morgan fingerprint density at radius 2 is 2.00 bits per heavy atom. The predicted molar refractivity (Wildman–Crippen MR) is 65.7 cm³/mol. The Kier molecular flexibility index (Phi) is 3.65. The Balaban J connectivity index is 2.23. The van der Waals surface area contributed by atoms with E-state index in [2.05, 4.69) is 0 Å². The molecule has 0 bridgehead atoms. The zero-order chi connectivity index (χ0) is 13.1. The quantitative estimate of drug-likeness (QED) is 0.891. The highest BCUT2D eigenvalue weighted by Gasteiger charge is 2.35. The lowest BCUT2D eigenvalue weighted by molar-refractivity contribution is -0.146. The van der Waals surface area contributed by atoms with Gasteiger partial charge in [0.1, 0.15) is 11.5 Å². The van der Waals surface area contributed by atoms with Crippen LogP contribution in [0, 0.1) is 5.92 Å². The molecule has 4 nitrogen and oxygen atoms in total. The van der Waals surface area contributed by atoms with Gasteiger partial charge in [0.2, 0.25) is 0 Å². The predicted octanol–water partition coefficient (Wildman–Crippen LogP) is 2.23. The van der Waals surface area contributed by atoms with Crippen molar-refractivity contribution in [1.29, 1.82) is 0 Å². The summed E-state index contributed by atoms with van der Waals surface area (Å²) in [7, 11) is 1.59. The van der Waals surface area contributed by atoms with Crippen molar-refractivity contribution < 1.29 is 19.4 Å². The van der Waals surface area contributed by atoms with Crippen LogP contribution in [0.1, 0.15) is 30.7 Å². The molecule has 0 spiro atoms. The second kappa shape index (κ2) is 5.21. The van der Waals surface area contributed by atoms with Crippen molar-refractivity contribution in [3.05, 3.63) is 29.8 Å². The van der Waals surface area contributed by atoms with Gasteiger partial charge >= 0.3 is 5.97 Å². The first-order valence-corrected chi connectivity index (χ1v) is 6.00. The van der Waals surface area contributed by atoms with Crippen molar-refractivity contribution in [3.8, 4) is 5.75 Å². The van der Waals surface area contributed by atoms with Gasteiger partial charge in [-0.25, -0.2) is 0 Å². The molecule has 0 unspecified atom stereocenters. The minimum Gasteiger partial charge on any atom is -0.497 e. The molecule has 0 amide bonds. The second-order valence-electron chi connectivity index (χ2n) is 4.61. The highest BCUT2D eigenvalue weighted by Crippen LogP contribution is 2.37. The first-order chi connectivity index (χ1) is 8.61. The van der Waals surface area contributed by atoms with Gasteiger partial charge < -0.3 is 9.84 Å². The molecule has 1 aromatic carbocycles. The molecular weight excluding hydrogens is 232 g/mol. The second-order valence-corrected chi connectivity index (χ2v) is 4.61. The molecule has 0 heterocycles. The van der Waals surface area contributed by atoms with Gasteiger partial charge in [0, 0.05) is 12.8 Å². The van der Waals surface area contributed by atoms with E-state index in [9.17, 15) is 14.7 Å². The number of aliphatic carboxylic acids is 1. The molecule has 0 saturated heterocycles. The molecule has 1 aromatic rings. The van der Waals surface area contributed by atoms with E-state index in [4.69, 9.17) is 4.74 Å². The Morgan fingerprint density at radius 3 is 2.56 bits per heavy atom. The molecule has 0 aliphatic heterocycles. The maximum absolute atomic E-state index is 11.4. The van der Waals surface area contributed by atoms with E-state index in [1.807, 2.05) is 24.3 Å². The molecule has 0 aromatic heterocycles. The minimum absolute atomic E-state index is 0.0483. The van der Waals surface area contributed by atoms with Crippen LogP contribution in [0.3, 0.4) is 0 Å². The number of carboxylic acid groups (broad SMARTS) is 1. The number of carbonyl (C=O) groups excluding carboxylic acids is 1. The van der Waals surface area contributed by atoms with Crippen LogP contribution in [-0.2, 0) is 9.59 Å². The van der Waals surface area contributed by atoms with E-state index < -0.39 is 11.9 Å². The summed E-state index contributed by atoms with van der Waals surface area (Å²) in [4.78, 5) is 22.6. The van der Waals surface area contributed by atoms with Crippen LogP contribution < -0.4 is 4.74 Å². The van der Waals surface area contributed by atoms with E-state index in [1.54, 1.807) is 7.11 Å². The number of rotatable bonds is 3. The molecule has 2 rings (SSSR count). The zero-order valence-corrected chi connectivity index (χ0v) is 10.3. The fourth-order valence-electron chi connectivity index (χ4n) is 2.52. The van der Waals surface area contributed by atoms with Crippen LogP contribution in [-0.4, -0.2) is 24.0 Å². The normalized spacial score (nSPS) is 23.7. The van der Waals surface area contributed by atoms with E-state index in [-0.39, 0.29) is 18.1 Å². The maximum atomic E-state index is 11.4. The summed E-state index contributed by atoms with van der Waals surface area (Å²) in [5, 5.41) is 9.21. The number of Topliss-reactive ketones (excluding diaryl/α,β-unsaturated/α-hetero) is 1. The molecule has 2 atom stereocenters. The van der Waals surface area contributed by atoms with Crippen LogP contribution in [0.2, 0.25) is 0 Å². The fourth-order valence-corrected chi connectivity index (χ4v) is 2.52. The van der Waals surface area contributed by atoms with E-state index >= 15 is 0 Å². The van der Waals surface area contributed by atoms with Crippen molar-refractivity contribution in [2.45, 2.75) is 25.2 Å². The van der Waals surface area contributed by atoms with Crippen molar-refractivity contribution in [2.75, 3.05) is 7.11 Å². The third-order valence-corrected chi connectivity index (χ3v) is 3.53. The minimum atomic E-state index is -0.885. The van der Waals surface area contributed by atoms with E-state index in [1.165, 1.54) is 0 Å². The lowest BCUT2D eigenvalue weighted by Crippen LogP contribution is -2.29. The monoisotopic (exact) mass is 248 g/mol. The van der Waals surface area contributed by atoms with Gasteiger partial charge in [-0.05, 0) is 30.0 Å². The molecule has 1 fully saturated rings. The van der Waals surface area contributed by atoms with Crippen molar-refractivity contribution in [2.24, 2.45) is 5.92 Å². The maximum Gasteiger partial charge on any atom is 0.307 e. The number of hydrogen-bond acceptors (Lipinski definition) is 3. The standard InChI is InChI=1S/C14H16O4/c1-18-11-5-2-9(3-6-11)12-7-4-10(15)8-13(12)14(16)17/h2-3,5-6,12-13H,4,7-8H2,1H3,(H,16,17)/t12-,13-/m0/s1. The summed E-state index contributed by atoms with van der Waals surface area (Å²) in [6.07, 6.45) is 1.23. The Bertz CT molecular complexity index is 449. The zero-order valence-electron chi connectivity index (χ0n) is 10.3. The van der Waals surface area contributed by atoms with Gasteiger partial charge in [0.25, 0.3) is 0 Å². The molecule has 1 aliphatic carbocycles. The summed E-state index contributed by atoms with van der Waals surface area (Å²) in [6.45, 7) is 0. The van der Waals surface area contributed by atoms with Gasteiger partial charge in [0.15, 0.2) is 0 Å². The number of ether oxygens (including phenoxy) is 1. The molecule has 0 radical (unpaired) electrons. The Morgan fingerprint density at radius 1 is 1.33 bits per heavy atom. The first kappa shape index (κ1) is 12.6. The number of methoxy groups -OCH3 is 1. The van der Waals surface area contributed by atoms with Crippen molar-refractivity contribution in [3.63, 3.8) is 0 Å². The number of carboxylic acids is 1. The molecule has 1 N–H and O–H groups in total. The molecule has 1 saturated carbocycles. The SMILES string of the molecule is COc1ccc([C@@H]2CCC(=O)C[C@@H]2C(=O)O)cc1. The smallest absolute Gasteiger partial charge is 0.307 e. The summed E-state index contributed by atoms with van der Waals surface area (Å²) in [5.74, 6) is -0.765. The molecule has 4 heteroatoms. The third-order valence-electron chi connectivity index (χ3n) is 3.53. The van der Waals surface area contributed by atoms with Crippen LogP contribution >= 0.6 is 0 Å². The number of benzene rings is 1. The number of ketones is 1. The fraction of sp³-hybridized carbons (Fsp3) is 0.429. The third kappa shape index (κ3) is 2.53. The lowest BCUT2D eigenvalue weighted by atomic mass is 9.75. The summed E-state index contributed by atoms with van der Waals surface area (Å²) in [5.41, 5.74) is 0.968. The molecular formula is C14H16O4. The average Bonchev–Trinajstić information content (AvgIpc) is 2.39. The van der Waals surface area contributed by atoms with E-state index in [0.717, 1.165) is 11.3 Å². The topological polar surface area (TPSA) is 63.6 Å². The van der Waals surface area contributed by atoms with Crippen molar-refractivity contribution in [1.82, 2.24) is 0 Å². The van der Waals surface area contributed by atoms with Gasteiger partial charge in [-0.3, -0.25) is 9.59 Å². The number of hydrogen-bond donors (Lipinski definition) is 1. The first-order valence-electron chi connectivity index (χ1n) is 6.00. The molecule has 1 aliphatic rings. The van der Waals surface area contributed by atoms with Gasteiger partial charge in [-0.15, -0.1) is 0 Å². The summed E-state index contributed by atoms with van der Waals surface area (Å²) in [6, 6.07) is 7.42. The van der Waals surface area contributed by atoms with Crippen LogP contribution in [0.4, 0.5) is 0 Å². The van der Waals surface area contributed by atoms with E-state index in [0.29, 0.717) is 12.8 Å². The summed E-state index contributed by atoms with van der Waals surface area (Å²) >= 11 is 0. The lowest BCUT2D eigenvalue weighted by Gasteiger charge is -2.28. The van der Waals surface area contributed by atoms with Gasteiger partial charge in [-0.1, -0.05) is 12.1 Å². The molecule has 18 heavy (non-hydrogen) atoms. The summed E-state index contributed by atoms with van der Waals surface area (Å²) < 4.78 is 5.08.